The average molecular weight is 244 g/mol. The normalized spacial score (nSPS) is 16.9. The van der Waals surface area contributed by atoms with Crippen molar-refractivity contribution in [2.45, 2.75) is 31.8 Å². The van der Waals surface area contributed by atoms with E-state index in [1.54, 1.807) is 0 Å². The maximum Gasteiger partial charge on any atom is 0.329 e. The summed E-state index contributed by atoms with van der Waals surface area (Å²) in [4.78, 5) is 23.7. The van der Waals surface area contributed by atoms with E-state index < -0.39 is 12.6 Å². The molecule has 17 heavy (non-hydrogen) atoms. The summed E-state index contributed by atoms with van der Waals surface area (Å²) in [6.07, 6.45) is 2.47. The van der Waals surface area contributed by atoms with Crippen molar-refractivity contribution < 1.29 is 19.4 Å². The number of carboxylic acid groups (broad SMARTS) is 1. The number of amides is 1. The number of carbonyl (C=O) groups is 2. The Morgan fingerprint density at radius 3 is 2.65 bits per heavy atom. The van der Waals surface area contributed by atoms with Crippen LogP contribution in [-0.4, -0.2) is 60.8 Å². The van der Waals surface area contributed by atoms with Gasteiger partial charge in [-0.3, -0.25) is 9.69 Å². The Morgan fingerprint density at radius 2 is 2.12 bits per heavy atom. The molecule has 1 rings (SSSR count). The first kappa shape index (κ1) is 13.9. The first-order valence-electron chi connectivity index (χ1n) is 5.79. The highest BCUT2D eigenvalue weighted by molar-refractivity contribution is 5.77. The van der Waals surface area contributed by atoms with Crippen molar-refractivity contribution in [3.05, 3.63) is 0 Å². The standard InChI is InChI=1S/C11H20N2O4/c1-8(13(2)9-3-4-9)5-12-10(14)6-17-7-11(15)16/h8-9H,3-7H2,1-2H3,(H,12,14)(H,15,16). The number of likely N-dealkylation sites (N-methyl/N-ethyl adjacent to an activating group) is 1. The number of nitrogens with one attached hydrogen (secondary N) is 1. The number of carbonyl (C=O) groups excluding carboxylic acids is 1. The summed E-state index contributed by atoms with van der Waals surface area (Å²) in [5.41, 5.74) is 0. The molecule has 0 aromatic carbocycles. The summed E-state index contributed by atoms with van der Waals surface area (Å²) in [6, 6.07) is 0.941. The third-order valence-corrected chi connectivity index (χ3v) is 2.87. The minimum Gasteiger partial charge on any atom is -0.480 e. The van der Waals surface area contributed by atoms with E-state index in [1.165, 1.54) is 12.8 Å². The molecule has 1 atom stereocenters. The van der Waals surface area contributed by atoms with E-state index in [2.05, 4.69) is 28.9 Å². The Labute approximate surface area is 101 Å². The molecular weight excluding hydrogens is 224 g/mol. The monoisotopic (exact) mass is 244 g/mol. The highest BCUT2D eigenvalue weighted by Gasteiger charge is 2.29. The molecule has 0 aliphatic heterocycles. The number of hydrogen-bond donors (Lipinski definition) is 2. The largest absolute Gasteiger partial charge is 0.480 e. The molecule has 98 valence electrons. The van der Waals surface area contributed by atoms with Gasteiger partial charge in [0.15, 0.2) is 0 Å². The zero-order valence-electron chi connectivity index (χ0n) is 10.3. The van der Waals surface area contributed by atoms with Crippen molar-refractivity contribution in [1.29, 1.82) is 0 Å². The maximum atomic E-state index is 11.3. The molecular formula is C11H20N2O4. The first-order valence-corrected chi connectivity index (χ1v) is 5.79. The molecule has 0 aromatic rings. The van der Waals surface area contributed by atoms with Gasteiger partial charge in [0.05, 0.1) is 0 Å². The van der Waals surface area contributed by atoms with Gasteiger partial charge in [0.25, 0.3) is 0 Å². The lowest BCUT2D eigenvalue weighted by Crippen LogP contribution is -2.42. The number of nitrogens with zero attached hydrogens (tertiary/aromatic N) is 1. The lowest BCUT2D eigenvalue weighted by atomic mass is 10.3. The van der Waals surface area contributed by atoms with Crippen LogP contribution < -0.4 is 5.32 Å². The van der Waals surface area contributed by atoms with E-state index in [-0.39, 0.29) is 18.6 Å². The summed E-state index contributed by atoms with van der Waals surface area (Å²) in [6.45, 7) is 1.97. The van der Waals surface area contributed by atoms with Gasteiger partial charge in [-0.1, -0.05) is 0 Å². The zero-order valence-corrected chi connectivity index (χ0v) is 10.3. The Hall–Kier alpha value is -1.14. The van der Waals surface area contributed by atoms with Gasteiger partial charge in [-0.15, -0.1) is 0 Å². The van der Waals surface area contributed by atoms with Gasteiger partial charge < -0.3 is 15.2 Å². The fourth-order valence-corrected chi connectivity index (χ4v) is 1.53. The highest BCUT2D eigenvalue weighted by atomic mass is 16.5. The maximum absolute atomic E-state index is 11.3. The Bertz CT molecular complexity index is 279. The molecule has 0 heterocycles. The molecule has 1 saturated carbocycles. The molecule has 1 fully saturated rings. The number of aliphatic carboxylic acids is 1. The van der Waals surface area contributed by atoms with Gasteiger partial charge in [0, 0.05) is 18.6 Å². The second-order valence-corrected chi connectivity index (χ2v) is 4.44. The van der Waals surface area contributed by atoms with Crippen LogP contribution in [0, 0.1) is 0 Å². The second-order valence-electron chi connectivity index (χ2n) is 4.44. The molecule has 0 radical (unpaired) electrons. The van der Waals surface area contributed by atoms with Crippen LogP contribution in [0.2, 0.25) is 0 Å². The van der Waals surface area contributed by atoms with Crippen molar-refractivity contribution in [2.24, 2.45) is 0 Å². The minimum atomic E-state index is -1.07. The minimum absolute atomic E-state index is 0.202. The third kappa shape index (κ3) is 5.65. The Balaban J connectivity index is 2.07. The predicted molar refractivity (Wildman–Crippen MR) is 61.7 cm³/mol. The van der Waals surface area contributed by atoms with E-state index in [4.69, 9.17) is 5.11 Å². The van der Waals surface area contributed by atoms with E-state index in [1.807, 2.05) is 0 Å². The molecule has 0 saturated heterocycles. The first-order chi connectivity index (χ1) is 8.00. The Kier molecular flexibility index (Phi) is 5.37. The van der Waals surface area contributed by atoms with Crippen LogP contribution in [0.1, 0.15) is 19.8 Å². The molecule has 1 amide bonds. The van der Waals surface area contributed by atoms with E-state index in [0.29, 0.717) is 12.6 Å². The van der Waals surface area contributed by atoms with Crippen LogP contribution in [0.15, 0.2) is 0 Å². The second kappa shape index (κ2) is 6.56. The fraction of sp³-hybridized carbons (Fsp3) is 0.818. The number of ether oxygens (including phenoxy) is 1. The van der Waals surface area contributed by atoms with Crippen molar-refractivity contribution in [1.82, 2.24) is 10.2 Å². The van der Waals surface area contributed by atoms with Crippen molar-refractivity contribution in [3.63, 3.8) is 0 Å². The summed E-state index contributed by atoms with van der Waals surface area (Å²) >= 11 is 0. The van der Waals surface area contributed by atoms with E-state index >= 15 is 0 Å². The number of hydrogen-bond acceptors (Lipinski definition) is 4. The average Bonchev–Trinajstić information content (AvgIpc) is 3.08. The SMILES string of the molecule is CC(CNC(=O)COCC(=O)O)N(C)C1CC1. The van der Waals surface area contributed by atoms with Gasteiger partial charge in [-0.25, -0.2) is 4.79 Å². The van der Waals surface area contributed by atoms with Crippen LogP contribution >= 0.6 is 0 Å². The quantitative estimate of drug-likeness (QED) is 0.612. The van der Waals surface area contributed by atoms with Crippen LogP contribution in [-0.2, 0) is 14.3 Å². The molecule has 0 aromatic heterocycles. The molecule has 2 N–H and O–H groups in total. The fourth-order valence-electron chi connectivity index (χ4n) is 1.53. The Morgan fingerprint density at radius 1 is 1.47 bits per heavy atom. The lowest BCUT2D eigenvalue weighted by molar-refractivity contribution is -0.143. The van der Waals surface area contributed by atoms with Crippen LogP contribution in [0.5, 0.6) is 0 Å². The van der Waals surface area contributed by atoms with Crippen LogP contribution in [0.3, 0.4) is 0 Å². The molecule has 1 unspecified atom stereocenters. The van der Waals surface area contributed by atoms with Gasteiger partial charge in [-0.05, 0) is 26.8 Å². The zero-order chi connectivity index (χ0) is 12.8. The highest BCUT2D eigenvalue weighted by Crippen LogP contribution is 2.26. The van der Waals surface area contributed by atoms with Gasteiger partial charge in [0.2, 0.25) is 5.91 Å². The number of carboxylic acids is 1. The van der Waals surface area contributed by atoms with Crippen molar-refractivity contribution in [2.75, 3.05) is 26.8 Å². The summed E-state index contributed by atoms with van der Waals surface area (Å²) < 4.78 is 4.68. The summed E-state index contributed by atoms with van der Waals surface area (Å²) in [7, 11) is 2.05. The van der Waals surface area contributed by atoms with Crippen molar-refractivity contribution in [3.8, 4) is 0 Å². The van der Waals surface area contributed by atoms with Gasteiger partial charge >= 0.3 is 5.97 Å². The third-order valence-electron chi connectivity index (χ3n) is 2.87. The molecule has 6 nitrogen and oxygen atoms in total. The van der Waals surface area contributed by atoms with Crippen LogP contribution in [0.4, 0.5) is 0 Å². The molecule has 1 aliphatic rings. The van der Waals surface area contributed by atoms with Crippen LogP contribution in [0.25, 0.3) is 0 Å². The molecule has 1 aliphatic carbocycles. The number of rotatable bonds is 8. The smallest absolute Gasteiger partial charge is 0.329 e. The van der Waals surface area contributed by atoms with E-state index in [0.717, 1.165) is 0 Å². The topological polar surface area (TPSA) is 78.9 Å². The summed E-state index contributed by atoms with van der Waals surface area (Å²) in [5, 5.41) is 11.0. The lowest BCUT2D eigenvalue weighted by Gasteiger charge is -2.24. The molecule has 6 heteroatoms. The van der Waals surface area contributed by atoms with Gasteiger partial charge in [-0.2, -0.15) is 0 Å². The van der Waals surface area contributed by atoms with E-state index in [9.17, 15) is 9.59 Å². The predicted octanol–water partition coefficient (Wildman–Crippen LogP) is -0.313. The molecule has 0 spiro atoms. The molecule has 0 bridgehead atoms. The van der Waals surface area contributed by atoms with Gasteiger partial charge in [0.1, 0.15) is 13.2 Å². The van der Waals surface area contributed by atoms with Crippen molar-refractivity contribution >= 4 is 11.9 Å². The summed E-state index contributed by atoms with van der Waals surface area (Å²) in [5.74, 6) is -1.35.